The number of hydrogen-bond acceptors (Lipinski definition) is 3. The SMILES string of the molecule is Cc1cc(CC(=O)O)cc(NC(=O)OC(C)(C)C)c1C. The maximum absolute atomic E-state index is 11.8. The van der Waals surface area contributed by atoms with E-state index in [0.29, 0.717) is 11.3 Å². The smallest absolute Gasteiger partial charge is 0.412 e. The third-order valence-electron chi connectivity index (χ3n) is 2.72. The van der Waals surface area contributed by atoms with E-state index >= 15 is 0 Å². The number of nitrogens with one attached hydrogen (secondary N) is 1. The van der Waals surface area contributed by atoms with E-state index in [1.54, 1.807) is 26.8 Å². The quantitative estimate of drug-likeness (QED) is 0.890. The fourth-order valence-corrected chi connectivity index (χ4v) is 1.75. The summed E-state index contributed by atoms with van der Waals surface area (Å²) >= 11 is 0. The Hall–Kier alpha value is -2.04. The van der Waals surface area contributed by atoms with Crippen molar-refractivity contribution in [2.24, 2.45) is 0 Å². The predicted molar refractivity (Wildman–Crippen MR) is 77.1 cm³/mol. The van der Waals surface area contributed by atoms with E-state index in [1.165, 1.54) is 0 Å². The molecule has 0 bridgehead atoms. The van der Waals surface area contributed by atoms with Crippen molar-refractivity contribution in [2.75, 3.05) is 5.32 Å². The Balaban J connectivity index is 2.96. The molecule has 0 unspecified atom stereocenters. The van der Waals surface area contributed by atoms with Gasteiger partial charge in [-0.15, -0.1) is 0 Å². The monoisotopic (exact) mass is 279 g/mol. The molecule has 0 aliphatic rings. The molecule has 110 valence electrons. The van der Waals surface area contributed by atoms with Crippen LogP contribution in [0.3, 0.4) is 0 Å². The largest absolute Gasteiger partial charge is 0.481 e. The number of carbonyl (C=O) groups excluding carboxylic acids is 1. The van der Waals surface area contributed by atoms with Crippen LogP contribution in [0.4, 0.5) is 10.5 Å². The fraction of sp³-hybridized carbons (Fsp3) is 0.467. The molecule has 1 amide bonds. The van der Waals surface area contributed by atoms with Gasteiger partial charge in [0, 0.05) is 5.69 Å². The van der Waals surface area contributed by atoms with Crippen LogP contribution in [0.1, 0.15) is 37.5 Å². The number of anilines is 1. The van der Waals surface area contributed by atoms with Gasteiger partial charge in [-0.2, -0.15) is 0 Å². The summed E-state index contributed by atoms with van der Waals surface area (Å²) in [5.41, 5.74) is 2.47. The fourth-order valence-electron chi connectivity index (χ4n) is 1.75. The topological polar surface area (TPSA) is 75.6 Å². The number of ether oxygens (including phenoxy) is 1. The lowest BCUT2D eigenvalue weighted by Gasteiger charge is -2.20. The van der Waals surface area contributed by atoms with E-state index in [2.05, 4.69) is 5.32 Å². The minimum atomic E-state index is -0.906. The first-order chi connectivity index (χ1) is 9.08. The first kappa shape index (κ1) is 16.0. The number of carboxylic acid groups (broad SMARTS) is 1. The van der Waals surface area contributed by atoms with Crippen molar-refractivity contribution in [1.82, 2.24) is 0 Å². The Labute approximate surface area is 118 Å². The van der Waals surface area contributed by atoms with Crippen LogP contribution in [0.15, 0.2) is 12.1 Å². The van der Waals surface area contributed by atoms with Crippen molar-refractivity contribution in [3.8, 4) is 0 Å². The molecule has 0 aliphatic carbocycles. The van der Waals surface area contributed by atoms with E-state index in [1.807, 2.05) is 19.9 Å². The van der Waals surface area contributed by atoms with Gasteiger partial charge in [0.25, 0.3) is 0 Å². The number of aliphatic carboxylic acids is 1. The summed E-state index contributed by atoms with van der Waals surface area (Å²) in [4.78, 5) is 22.5. The average molecular weight is 279 g/mol. The van der Waals surface area contributed by atoms with Crippen molar-refractivity contribution in [2.45, 2.75) is 46.6 Å². The van der Waals surface area contributed by atoms with Gasteiger partial charge in [0.05, 0.1) is 6.42 Å². The molecule has 0 aliphatic heterocycles. The highest BCUT2D eigenvalue weighted by Gasteiger charge is 2.17. The number of carbonyl (C=O) groups is 2. The Kier molecular flexibility index (Phi) is 4.76. The number of carboxylic acids is 1. The van der Waals surface area contributed by atoms with Gasteiger partial charge >= 0.3 is 12.1 Å². The molecule has 20 heavy (non-hydrogen) atoms. The maximum atomic E-state index is 11.8. The van der Waals surface area contributed by atoms with E-state index in [4.69, 9.17) is 9.84 Å². The molecule has 0 saturated heterocycles. The van der Waals surface area contributed by atoms with E-state index in [0.717, 1.165) is 11.1 Å². The van der Waals surface area contributed by atoms with Crippen molar-refractivity contribution in [3.05, 3.63) is 28.8 Å². The van der Waals surface area contributed by atoms with E-state index < -0.39 is 17.7 Å². The molecule has 0 heterocycles. The van der Waals surface area contributed by atoms with Crippen LogP contribution in [-0.4, -0.2) is 22.8 Å². The first-order valence-corrected chi connectivity index (χ1v) is 6.40. The van der Waals surface area contributed by atoms with Crippen LogP contribution in [0.2, 0.25) is 0 Å². The zero-order valence-corrected chi connectivity index (χ0v) is 12.5. The Morgan fingerprint density at radius 1 is 1.25 bits per heavy atom. The number of amides is 1. The molecule has 5 nitrogen and oxygen atoms in total. The van der Waals surface area contributed by atoms with Crippen LogP contribution in [-0.2, 0) is 16.0 Å². The molecule has 2 N–H and O–H groups in total. The predicted octanol–water partition coefficient (Wildman–Crippen LogP) is 3.28. The second-order valence-electron chi connectivity index (χ2n) is 5.78. The molecule has 0 saturated carbocycles. The van der Waals surface area contributed by atoms with Gasteiger partial charge in [0.2, 0.25) is 0 Å². The van der Waals surface area contributed by atoms with Gasteiger partial charge in [-0.1, -0.05) is 6.07 Å². The first-order valence-electron chi connectivity index (χ1n) is 6.40. The molecule has 1 aromatic rings. The lowest BCUT2D eigenvalue weighted by Crippen LogP contribution is -2.27. The van der Waals surface area contributed by atoms with Gasteiger partial charge < -0.3 is 9.84 Å². The second-order valence-corrected chi connectivity index (χ2v) is 5.78. The minimum absolute atomic E-state index is 0.0792. The average Bonchev–Trinajstić information content (AvgIpc) is 2.21. The summed E-state index contributed by atoms with van der Waals surface area (Å²) in [6.45, 7) is 9.09. The summed E-state index contributed by atoms with van der Waals surface area (Å²) in [6, 6.07) is 3.48. The van der Waals surface area contributed by atoms with Crippen LogP contribution < -0.4 is 5.32 Å². The van der Waals surface area contributed by atoms with Crippen molar-refractivity contribution >= 4 is 17.7 Å². The standard InChI is InChI=1S/C15H21NO4/c1-9-6-11(8-13(17)18)7-12(10(9)2)16-14(19)20-15(3,4)5/h6-7H,8H2,1-5H3,(H,16,19)(H,17,18). The van der Waals surface area contributed by atoms with Gasteiger partial charge in [-0.25, -0.2) is 4.79 Å². The normalized spacial score (nSPS) is 11.1. The van der Waals surface area contributed by atoms with E-state index in [-0.39, 0.29) is 6.42 Å². The molecule has 0 radical (unpaired) electrons. The highest BCUT2D eigenvalue weighted by atomic mass is 16.6. The van der Waals surface area contributed by atoms with Gasteiger partial charge in [0.1, 0.15) is 5.60 Å². The zero-order valence-electron chi connectivity index (χ0n) is 12.5. The summed E-state index contributed by atoms with van der Waals surface area (Å²) in [5.74, 6) is -0.906. The number of benzene rings is 1. The third kappa shape index (κ3) is 4.91. The maximum Gasteiger partial charge on any atom is 0.412 e. The highest BCUT2D eigenvalue weighted by molar-refractivity contribution is 5.86. The second kappa shape index (κ2) is 5.94. The Morgan fingerprint density at radius 2 is 1.85 bits per heavy atom. The summed E-state index contributed by atoms with van der Waals surface area (Å²) in [7, 11) is 0. The van der Waals surface area contributed by atoms with Gasteiger partial charge in [-0.05, 0) is 57.4 Å². The highest BCUT2D eigenvalue weighted by Crippen LogP contribution is 2.22. The molecule has 0 fully saturated rings. The zero-order chi connectivity index (χ0) is 15.5. The minimum Gasteiger partial charge on any atom is -0.481 e. The van der Waals surface area contributed by atoms with Crippen molar-refractivity contribution < 1.29 is 19.4 Å². The lowest BCUT2D eigenvalue weighted by atomic mass is 10.0. The summed E-state index contributed by atoms with van der Waals surface area (Å²) in [6.07, 6.45) is -0.628. The number of rotatable bonds is 3. The third-order valence-corrected chi connectivity index (χ3v) is 2.72. The molecule has 0 spiro atoms. The van der Waals surface area contributed by atoms with Gasteiger partial charge in [0.15, 0.2) is 0 Å². The molecule has 0 atom stereocenters. The molecule has 5 heteroatoms. The van der Waals surface area contributed by atoms with Crippen LogP contribution >= 0.6 is 0 Å². The van der Waals surface area contributed by atoms with Crippen molar-refractivity contribution in [1.29, 1.82) is 0 Å². The molecule has 0 aromatic heterocycles. The molecular weight excluding hydrogens is 258 g/mol. The van der Waals surface area contributed by atoms with Gasteiger partial charge in [-0.3, -0.25) is 10.1 Å². The van der Waals surface area contributed by atoms with Crippen molar-refractivity contribution in [3.63, 3.8) is 0 Å². The van der Waals surface area contributed by atoms with Crippen LogP contribution in [0, 0.1) is 13.8 Å². The van der Waals surface area contributed by atoms with Crippen LogP contribution in [0.25, 0.3) is 0 Å². The molecular formula is C15H21NO4. The summed E-state index contributed by atoms with van der Waals surface area (Å²) in [5, 5.41) is 11.5. The Bertz CT molecular complexity index is 529. The molecule has 1 rings (SSSR count). The Morgan fingerprint density at radius 3 is 2.35 bits per heavy atom. The van der Waals surface area contributed by atoms with E-state index in [9.17, 15) is 9.59 Å². The number of hydrogen-bond donors (Lipinski definition) is 2. The molecule has 1 aromatic carbocycles. The number of aryl methyl sites for hydroxylation is 1. The summed E-state index contributed by atoms with van der Waals surface area (Å²) < 4.78 is 5.19. The van der Waals surface area contributed by atoms with Crippen LogP contribution in [0.5, 0.6) is 0 Å². The lowest BCUT2D eigenvalue weighted by molar-refractivity contribution is -0.136.